The fourth-order valence-electron chi connectivity index (χ4n) is 1.14. The van der Waals surface area contributed by atoms with Crippen LogP contribution < -0.4 is 0 Å². The normalized spacial score (nSPS) is 26.2. The highest BCUT2D eigenvalue weighted by Gasteiger charge is 2.18. The number of halogens is 2. The van der Waals surface area contributed by atoms with Crippen LogP contribution in [0.2, 0.25) is 0 Å². The Morgan fingerprint density at radius 3 is 2.30 bits per heavy atom. The van der Waals surface area contributed by atoms with E-state index >= 15 is 0 Å². The Bertz CT molecular complexity index is 112. The van der Waals surface area contributed by atoms with Crippen LogP contribution in [0.15, 0.2) is 0 Å². The maximum atomic E-state index is 2.56. The molecule has 0 aliphatic carbocycles. The van der Waals surface area contributed by atoms with Crippen LogP contribution in [0.4, 0.5) is 0 Å². The molecule has 2 atom stereocenters. The van der Waals surface area contributed by atoms with Crippen LogP contribution in [0.1, 0.15) is 20.3 Å². The third-order valence-corrected chi connectivity index (χ3v) is 4.32. The fraction of sp³-hybridized carbons (Fsp3) is 0.857. The SMILES string of the molecule is CC[P+]1=CC(C)CC1.Cl.Cl. The summed E-state index contributed by atoms with van der Waals surface area (Å²) in [5, 5.41) is 0. The highest BCUT2D eigenvalue weighted by molar-refractivity contribution is 7.57. The lowest BCUT2D eigenvalue weighted by Gasteiger charge is -1.83. The summed E-state index contributed by atoms with van der Waals surface area (Å²) in [5.41, 5.74) is 0. The second kappa shape index (κ2) is 6.46. The molecule has 62 valence electrons. The average Bonchev–Trinajstić information content (AvgIpc) is 2.14. The first kappa shape index (κ1) is 13.3. The lowest BCUT2D eigenvalue weighted by Crippen LogP contribution is -1.85. The van der Waals surface area contributed by atoms with Crippen molar-refractivity contribution < 1.29 is 0 Å². The van der Waals surface area contributed by atoms with Gasteiger partial charge in [-0.25, -0.2) is 0 Å². The molecule has 1 rings (SSSR count). The predicted molar refractivity (Wildman–Crippen MR) is 56.7 cm³/mol. The Morgan fingerprint density at radius 2 is 2.10 bits per heavy atom. The zero-order chi connectivity index (χ0) is 5.98. The van der Waals surface area contributed by atoms with Gasteiger partial charge < -0.3 is 0 Å². The van der Waals surface area contributed by atoms with Gasteiger partial charge in [-0.15, -0.1) is 24.8 Å². The van der Waals surface area contributed by atoms with Crippen molar-refractivity contribution in [2.75, 3.05) is 12.3 Å². The summed E-state index contributed by atoms with van der Waals surface area (Å²) in [7, 11) is 0.393. The average molecular weight is 202 g/mol. The number of hydrogen-bond donors (Lipinski definition) is 0. The zero-order valence-corrected chi connectivity index (χ0v) is 9.07. The Labute approximate surface area is 77.0 Å². The molecular formula is C7H16Cl2P+. The summed E-state index contributed by atoms with van der Waals surface area (Å²) in [5.74, 6) is 3.50. The minimum Gasteiger partial charge on any atom is -0.147 e. The first-order chi connectivity index (χ1) is 3.83. The first-order valence-corrected chi connectivity index (χ1v) is 5.20. The lowest BCUT2D eigenvalue weighted by atomic mass is 10.2. The molecule has 1 aliphatic heterocycles. The van der Waals surface area contributed by atoms with E-state index in [-0.39, 0.29) is 24.8 Å². The minimum absolute atomic E-state index is 0. The van der Waals surface area contributed by atoms with Gasteiger partial charge in [-0.05, 0) is 13.3 Å². The van der Waals surface area contributed by atoms with Crippen LogP contribution in [0.5, 0.6) is 0 Å². The van der Waals surface area contributed by atoms with Crippen molar-refractivity contribution in [3.8, 4) is 0 Å². The van der Waals surface area contributed by atoms with Crippen molar-refractivity contribution in [2.45, 2.75) is 20.3 Å². The fourth-order valence-corrected chi connectivity index (χ4v) is 3.43. The van der Waals surface area contributed by atoms with E-state index in [4.69, 9.17) is 0 Å². The maximum Gasteiger partial charge on any atom is 0.107 e. The van der Waals surface area contributed by atoms with Crippen LogP contribution in [0.3, 0.4) is 0 Å². The van der Waals surface area contributed by atoms with E-state index < -0.39 is 0 Å². The van der Waals surface area contributed by atoms with Crippen molar-refractivity contribution in [3.05, 3.63) is 0 Å². The molecular weight excluding hydrogens is 186 g/mol. The topological polar surface area (TPSA) is 0 Å². The summed E-state index contributed by atoms with van der Waals surface area (Å²) in [6, 6.07) is 0. The van der Waals surface area contributed by atoms with Crippen molar-refractivity contribution >= 4 is 38.2 Å². The zero-order valence-electron chi connectivity index (χ0n) is 6.54. The Hall–Kier alpha value is 0.750. The second-order valence-corrected chi connectivity index (χ2v) is 5.10. The van der Waals surface area contributed by atoms with Crippen LogP contribution in [0.25, 0.3) is 0 Å². The molecule has 0 aromatic heterocycles. The van der Waals surface area contributed by atoms with Gasteiger partial charge in [0.25, 0.3) is 0 Å². The molecule has 0 fully saturated rings. The van der Waals surface area contributed by atoms with Crippen LogP contribution in [0, 0.1) is 5.92 Å². The third kappa shape index (κ3) is 3.81. The minimum atomic E-state index is 0. The molecule has 0 N–H and O–H groups in total. The van der Waals surface area contributed by atoms with Gasteiger partial charge in [-0.1, -0.05) is 6.92 Å². The van der Waals surface area contributed by atoms with E-state index in [0.717, 1.165) is 5.92 Å². The second-order valence-electron chi connectivity index (χ2n) is 2.54. The molecule has 0 nitrogen and oxygen atoms in total. The molecule has 0 radical (unpaired) electrons. The van der Waals surface area contributed by atoms with E-state index in [1.807, 2.05) is 0 Å². The molecule has 0 saturated carbocycles. The van der Waals surface area contributed by atoms with Gasteiger partial charge in [0.2, 0.25) is 0 Å². The summed E-state index contributed by atoms with van der Waals surface area (Å²) in [6.45, 7) is 4.64. The van der Waals surface area contributed by atoms with E-state index in [1.54, 1.807) is 0 Å². The maximum absolute atomic E-state index is 2.56. The highest BCUT2D eigenvalue weighted by Crippen LogP contribution is 2.31. The van der Waals surface area contributed by atoms with Crippen LogP contribution in [-0.4, -0.2) is 18.1 Å². The summed E-state index contributed by atoms with van der Waals surface area (Å²) >= 11 is 0. The van der Waals surface area contributed by atoms with Gasteiger partial charge >= 0.3 is 0 Å². The van der Waals surface area contributed by atoms with Gasteiger partial charge in [0, 0.05) is 5.92 Å². The highest BCUT2D eigenvalue weighted by atomic mass is 35.5. The summed E-state index contributed by atoms with van der Waals surface area (Å²) in [6.07, 6.45) is 4.38. The molecule has 0 aromatic rings. The van der Waals surface area contributed by atoms with Gasteiger partial charge in [0.15, 0.2) is 0 Å². The Kier molecular flexibility index (Phi) is 8.62. The van der Waals surface area contributed by atoms with Gasteiger partial charge in [-0.2, -0.15) is 0 Å². The van der Waals surface area contributed by atoms with Gasteiger partial charge in [0.05, 0.1) is 13.3 Å². The standard InChI is InChI=1S/C7H14P.2ClH/c1-3-8-5-4-7(2)6-8;;/h6-7H,3-5H2,1-2H3;2*1H/q+1;;. The smallest absolute Gasteiger partial charge is 0.107 e. The first-order valence-electron chi connectivity index (χ1n) is 3.42. The van der Waals surface area contributed by atoms with Crippen molar-refractivity contribution in [1.82, 2.24) is 0 Å². The van der Waals surface area contributed by atoms with E-state index in [0.29, 0.717) is 7.55 Å². The molecule has 1 heterocycles. The number of hydrogen-bond acceptors (Lipinski definition) is 0. The Balaban J connectivity index is 0. The molecule has 0 saturated heterocycles. The van der Waals surface area contributed by atoms with Gasteiger partial charge in [0.1, 0.15) is 12.3 Å². The molecule has 10 heavy (non-hydrogen) atoms. The molecule has 0 amide bonds. The van der Waals surface area contributed by atoms with Crippen molar-refractivity contribution in [3.63, 3.8) is 0 Å². The third-order valence-electron chi connectivity index (χ3n) is 1.74. The predicted octanol–water partition coefficient (Wildman–Crippen LogP) is 3.17. The molecule has 1 aliphatic rings. The van der Waals surface area contributed by atoms with Gasteiger partial charge in [-0.3, -0.25) is 0 Å². The quantitative estimate of drug-likeness (QED) is 0.573. The van der Waals surface area contributed by atoms with E-state index in [1.165, 1.54) is 18.7 Å². The van der Waals surface area contributed by atoms with Crippen LogP contribution >= 0.6 is 32.4 Å². The molecule has 3 heteroatoms. The monoisotopic (exact) mass is 201 g/mol. The van der Waals surface area contributed by atoms with Crippen molar-refractivity contribution in [2.24, 2.45) is 5.92 Å². The van der Waals surface area contributed by atoms with Crippen molar-refractivity contribution in [1.29, 1.82) is 0 Å². The van der Waals surface area contributed by atoms with E-state index in [2.05, 4.69) is 19.6 Å². The summed E-state index contributed by atoms with van der Waals surface area (Å²) in [4.78, 5) is 0. The summed E-state index contributed by atoms with van der Waals surface area (Å²) < 4.78 is 0. The van der Waals surface area contributed by atoms with Crippen LogP contribution in [-0.2, 0) is 0 Å². The molecule has 0 bridgehead atoms. The van der Waals surface area contributed by atoms with E-state index in [9.17, 15) is 0 Å². The molecule has 0 spiro atoms. The molecule has 2 unspecified atom stereocenters. The largest absolute Gasteiger partial charge is 0.147 e. The molecule has 0 aromatic carbocycles. The Morgan fingerprint density at radius 1 is 1.50 bits per heavy atom. The lowest BCUT2D eigenvalue weighted by molar-refractivity contribution is 0.781. The number of rotatable bonds is 1.